The maximum atomic E-state index is 13.7. The van der Waals surface area contributed by atoms with Gasteiger partial charge in [0.05, 0.1) is 0 Å². The molecule has 2 aliphatic rings. The van der Waals surface area contributed by atoms with Crippen molar-refractivity contribution in [3.63, 3.8) is 0 Å². The van der Waals surface area contributed by atoms with Crippen molar-refractivity contribution in [1.82, 2.24) is 0 Å². The predicted octanol–water partition coefficient (Wildman–Crippen LogP) is 5.69. The third-order valence-electron chi connectivity index (χ3n) is 5.68. The minimum absolute atomic E-state index is 0.0926. The van der Waals surface area contributed by atoms with E-state index in [0.29, 0.717) is 6.04 Å². The summed E-state index contributed by atoms with van der Waals surface area (Å²) < 4.78 is 13.7. The first-order valence-corrected chi connectivity index (χ1v) is 8.77. The van der Waals surface area contributed by atoms with E-state index in [1.165, 1.54) is 57.8 Å². The van der Waals surface area contributed by atoms with Crippen LogP contribution in [-0.4, -0.2) is 6.04 Å². The van der Waals surface area contributed by atoms with Crippen molar-refractivity contribution in [1.29, 1.82) is 0 Å². The van der Waals surface area contributed by atoms with Gasteiger partial charge < -0.3 is 5.32 Å². The van der Waals surface area contributed by atoms with Gasteiger partial charge in [-0.3, -0.25) is 0 Å². The van der Waals surface area contributed by atoms with Crippen LogP contribution in [0.2, 0.25) is 0 Å². The normalized spacial score (nSPS) is 27.5. The second-order valence-corrected chi connectivity index (χ2v) is 7.01. The molecule has 0 radical (unpaired) electrons. The highest BCUT2D eigenvalue weighted by atomic mass is 19.1. The molecule has 0 aromatic heterocycles. The predicted molar refractivity (Wildman–Crippen MR) is 87.1 cm³/mol. The molecule has 3 rings (SSSR count). The van der Waals surface area contributed by atoms with Crippen LogP contribution in [-0.2, 0) is 0 Å². The van der Waals surface area contributed by atoms with Gasteiger partial charge in [-0.1, -0.05) is 51.0 Å². The van der Waals surface area contributed by atoms with Crippen LogP contribution >= 0.6 is 0 Å². The van der Waals surface area contributed by atoms with E-state index in [1.54, 1.807) is 6.07 Å². The van der Waals surface area contributed by atoms with Gasteiger partial charge in [0.1, 0.15) is 5.82 Å². The molecule has 0 saturated heterocycles. The van der Waals surface area contributed by atoms with Crippen LogP contribution in [0.15, 0.2) is 18.2 Å². The Kier molecular flexibility index (Phi) is 4.82. The molecule has 0 bridgehead atoms. The summed E-state index contributed by atoms with van der Waals surface area (Å²) in [6, 6.07) is 5.95. The molecule has 2 fully saturated rings. The van der Waals surface area contributed by atoms with Crippen LogP contribution in [0.25, 0.3) is 0 Å². The molecule has 116 valence electrons. The van der Waals surface area contributed by atoms with E-state index in [0.717, 1.165) is 23.1 Å². The quantitative estimate of drug-likeness (QED) is 0.754. The third-order valence-corrected chi connectivity index (χ3v) is 5.68. The molecule has 1 nitrogen and oxygen atoms in total. The summed E-state index contributed by atoms with van der Waals surface area (Å²) in [5.74, 6) is 1.59. The van der Waals surface area contributed by atoms with E-state index >= 15 is 0 Å². The largest absolute Gasteiger partial charge is 0.382 e. The van der Waals surface area contributed by atoms with Crippen LogP contribution in [0, 0.1) is 24.6 Å². The standard InChI is InChI=1S/C19H28FN/c1-14-17(20)11-7-13-18(14)21-19-12-6-5-10-16(19)15-8-3-2-4-9-15/h7,11,13,15-16,19,21H,2-6,8-10,12H2,1H3. The Hall–Kier alpha value is -1.05. The molecule has 1 N–H and O–H groups in total. The monoisotopic (exact) mass is 289 g/mol. The van der Waals surface area contributed by atoms with E-state index < -0.39 is 0 Å². The van der Waals surface area contributed by atoms with E-state index in [-0.39, 0.29) is 5.82 Å². The van der Waals surface area contributed by atoms with E-state index in [9.17, 15) is 4.39 Å². The van der Waals surface area contributed by atoms with Crippen LogP contribution in [0.3, 0.4) is 0 Å². The Balaban J connectivity index is 1.73. The van der Waals surface area contributed by atoms with Crippen molar-refractivity contribution in [2.75, 3.05) is 5.32 Å². The minimum Gasteiger partial charge on any atom is -0.382 e. The van der Waals surface area contributed by atoms with Gasteiger partial charge in [0, 0.05) is 17.3 Å². The second-order valence-electron chi connectivity index (χ2n) is 7.01. The summed E-state index contributed by atoms with van der Waals surface area (Å²) in [4.78, 5) is 0. The van der Waals surface area contributed by atoms with Crippen molar-refractivity contribution in [2.45, 2.75) is 70.8 Å². The molecular weight excluding hydrogens is 261 g/mol. The summed E-state index contributed by atoms with van der Waals surface area (Å²) >= 11 is 0. The lowest BCUT2D eigenvalue weighted by atomic mass is 9.71. The van der Waals surface area contributed by atoms with E-state index in [2.05, 4.69) is 5.32 Å². The SMILES string of the molecule is Cc1c(F)cccc1NC1CCCCC1C1CCCCC1. The first-order valence-electron chi connectivity index (χ1n) is 8.77. The fourth-order valence-electron chi connectivity index (χ4n) is 4.43. The number of halogens is 1. The smallest absolute Gasteiger partial charge is 0.128 e. The van der Waals surface area contributed by atoms with Crippen LogP contribution in [0.5, 0.6) is 0 Å². The molecule has 2 heteroatoms. The second kappa shape index (κ2) is 6.81. The first-order chi connectivity index (χ1) is 10.3. The molecule has 2 atom stereocenters. The maximum absolute atomic E-state index is 13.7. The third kappa shape index (κ3) is 3.41. The fraction of sp³-hybridized carbons (Fsp3) is 0.684. The van der Waals surface area contributed by atoms with Gasteiger partial charge in [-0.2, -0.15) is 0 Å². The average Bonchev–Trinajstić information content (AvgIpc) is 2.53. The molecule has 2 aliphatic carbocycles. The topological polar surface area (TPSA) is 12.0 Å². The summed E-state index contributed by atoms with van der Waals surface area (Å²) in [6.07, 6.45) is 12.4. The lowest BCUT2D eigenvalue weighted by molar-refractivity contribution is 0.180. The van der Waals surface area contributed by atoms with Crippen LogP contribution in [0.4, 0.5) is 10.1 Å². The summed E-state index contributed by atoms with van der Waals surface area (Å²) in [5, 5.41) is 3.70. The molecule has 2 saturated carbocycles. The van der Waals surface area contributed by atoms with Crippen LogP contribution < -0.4 is 5.32 Å². The Bertz CT molecular complexity index is 465. The Morgan fingerprint density at radius 1 is 0.952 bits per heavy atom. The van der Waals surface area contributed by atoms with Gasteiger partial charge in [0.2, 0.25) is 0 Å². The summed E-state index contributed by atoms with van der Waals surface area (Å²) in [6.45, 7) is 1.89. The molecule has 0 amide bonds. The number of nitrogens with one attached hydrogen (secondary N) is 1. The number of hydrogen-bond donors (Lipinski definition) is 1. The van der Waals surface area contributed by atoms with E-state index in [1.807, 2.05) is 19.1 Å². The zero-order chi connectivity index (χ0) is 14.7. The van der Waals surface area contributed by atoms with Gasteiger partial charge in [-0.25, -0.2) is 4.39 Å². The molecule has 1 aromatic carbocycles. The zero-order valence-electron chi connectivity index (χ0n) is 13.2. The Morgan fingerprint density at radius 2 is 1.67 bits per heavy atom. The lowest BCUT2D eigenvalue weighted by Gasteiger charge is -2.40. The van der Waals surface area contributed by atoms with Gasteiger partial charge >= 0.3 is 0 Å². The first kappa shape index (κ1) is 14.9. The van der Waals surface area contributed by atoms with Gasteiger partial charge in [0.25, 0.3) is 0 Å². The number of anilines is 1. The van der Waals surface area contributed by atoms with E-state index in [4.69, 9.17) is 0 Å². The molecule has 0 aliphatic heterocycles. The fourth-order valence-corrected chi connectivity index (χ4v) is 4.43. The van der Waals surface area contributed by atoms with Crippen LogP contribution in [0.1, 0.15) is 63.4 Å². The molecule has 0 spiro atoms. The number of rotatable bonds is 3. The van der Waals surface area contributed by atoms with Crippen molar-refractivity contribution in [3.05, 3.63) is 29.6 Å². The zero-order valence-corrected chi connectivity index (χ0v) is 13.2. The summed E-state index contributed by atoms with van der Waals surface area (Å²) in [5.41, 5.74) is 1.77. The maximum Gasteiger partial charge on any atom is 0.128 e. The highest BCUT2D eigenvalue weighted by Gasteiger charge is 2.32. The highest BCUT2D eigenvalue weighted by Crippen LogP contribution is 2.39. The molecule has 2 unspecified atom stereocenters. The van der Waals surface area contributed by atoms with Crippen molar-refractivity contribution in [3.8, 4) is 0 Å². The highest BCUT2D eigenvalue weighted by molar-refractivity contribution is 5.51. The number of hydrogen-bond acceptors (Lipinski definition) is 1. The Morgan fingerprint density at radius 3 is 2.48 bits per heavy atom. The van der Waals surface area contributed by atoms with Gasteiger partial charge in [-0.15, -0.1) is 0 Å². The molecule has 0 heterocycles. The minimum atomic E-state index is -0.0926. The van der Waals surface area contributed by atoms with Gasteiger partial charge in [0.15, 0.2) is 0 Å². The van der Waals surface area contributed by atoms with Crippen molar-refractivity contribution >= 4 is 5.69 Å². The lowest BCUT2D eigenvalue weighted by Crippen LogP contribution is -2.37. The molecular formula is C19H28FN. The number of benzene rings is 1. The van der Waals surface area contributed by atoms with Crippen molar-refractivity contribution in [2.24, 2.45) is 11.8 Å². The Labute approximate surface area is 128 Å². The molecule has 1 aromatic rings. The van der Waals surface area contributed by atoms with Crippen molar-refractivity contribution < 1.29 is 4.39 Å². The van der Waals surface area contributed by atoms with Gasteiger partial charge in [-0.05, 0) is 43.7 Å². The average molecular weight is 289 g/mol. The molecule has 21 heavy (non-hydrogen) atoms. The summed E-state index contributed by atoms with van der Waals surface area (Å²) in [7, 11) is 0.